The van der Waals surface area contributed by atoms with Crippen molar-refractivity contribution in [3.8, 4) is 0 Å². The van der Waals surface area contributed by atoms with Crippen LogP contribution in [0.1, 0.15) is 6.92 Å². The summed E-state index contributed by atoms with van der Waals surface area (Å²) < 4.78 is 12.6. The van der Waals surface area contributed by atoms with Gasteiger partial charge in [-0.3, -0.25) is 4.81 Å². The smallest absolute Gasteiger partial charge is 0.422 e. The molecule has 0 heterocycles. The first kappa shape index (κ1) is 10.2. The first-order valence-electron chi connectivity index (χ1n) is 3.96. The summed E-state index contributed by atoms with van der Waals surface area (Å²) in [6.07, 6.45) is 0. The second-order valence-corrected chi connectivity index (χ2v) is 2.41. The van der Waals surface area contributed by atoms with Gasteiger partial charge in [-0.25, -0.2) is 9.28 Å². The van der Waals surface area contributed by atoms with Crippen LogP contribution in [0, 0.1) is 5.82 Å². The Labute approximate surface area is 76.2 Å². The van der Waals surface area contributed by atoms with E-state index in [1.165, 1.54) is 18.2 Å². The van der Waals surface area contributed by atoms with Crippen LogP contribution in [-0.4, -0.2) is 18.7 Å². The molecular weight excluding hydrogens is 174 g/mol. The fourth-order valence-corrected chi connectivity index (χ4v) is 0.848. The molecule has 5 heteroatoms. The number of hydrogen-bond donors (Lipinski definition) is 1. The molecule has 1 aromatic rings. The van der Waals surface area contributed by atoms with Gasteiger partial charge in [0.1, 0.15) is 5.82 Å². The predicted molar refractivity (Wildman–Crippen MR) is 46.7 cm³/mol. The molecule has 3 nitrogen and oxygen atoms in total. The van der Waals surface area contributed by atoms with Crippen LogP contribution >= 0.6 is 0 Å². The molecule has 0 radical (unpaired) electrons. The molecule has 0 atom stereocenters. The molecule has 70 valence electrons. The van der Waals surface area contributed by atoms with E-state index in [0.717, 1.165) is 0 Å². The SMILES string of the molecule is CCOOB(O)c1cccc(F)c1. The van der Waals surface area contributed by atoms with Crippen molar-refractivity contribution in [2.75, 3.05) is 6.61 Å². The third-order valence-corrected chi connectivity index (χ3v) is 1.41. The van der Waals surface area contributed by atoms with Crippen LogP contribution in [0.15, 0.2) is 24.3 Å². The zero-order valence-corrected chi connectivity index (χ0v) is 7.24. The average molecular weight is 184 g/mol. The molecule has 1 N–H and O–H groups in total. The summed E-state index contributed by atoms with van der Waals surface area (Å²) in [5.41, 5.74) is 0.327. The highest BCUT2D eigenvalue weighted by molar-refractivity contribution is 6.59. The fraction of sp³-hybridized carbons (Fsp3) is 0.250. The lowest BCUT2D eigenvalue weighted by Gasteiger charge is -2.05. The number of rotatable bonds is 4. The zero-order chi connectivity index (χ0) is 9.68. The lowest BCUT2D eigenvalue weighted by molar-refractivity contribution is -0.216. The highest BCUT2D eigenvalue weighted by Crippen LogP contribution is 1.94. The maximum atomic E-state index is 12.6. The van der Waals surface area contributed by atoms with Crippen LogP contribution in [0.3, 0.4) is 0 Å². The minimum absolute atomic E-state index is 0.326. The largest absolute Gasteiger partial charge is 0.523 e. The Morgan fingerprint density at radius 2 is 2.31 bits per heavy atom. The Hall–Kier alpha value is -0.905. The van der Waals surface area contributed by atoms with Crippen LogP contribution in [0.25, 0.3) is 0 Å². The summed E-state index contributed by atoms with van der Waals surface area (Å²) >= 11 is 0. The Morgan fingerprint density at radius 3 is 2.92 bits per heavy atom. The van der Waals surface area contributed by atoms with E-state index in [4.69, 9.17) is 0 Å². The second-order valence-electron chi connectivity index (χ2n) is 2.41. The van der Waals surface area contributed by atoms with Crippen molar-refractivity contribution >= 4 is 12.6 Å². The maximum absolute atomic E-state index is 12.6. The van der Waals surface area contributed by atoms with Gasteiger partial charge in [0.15, 0.2) is 0 Å². The van der Waals surface area contributed by atoms with E-state index in [-0.39, 0.29) is 0 Å². The molecule has 0 saturated carbocycles. The number of hydrogen-bond acceptors (Lipinski definition) is 3. The van der Waals surface area contributed by atoms with Crippen molar-refractivity contribution in [1.82, 2.24) is 0 Å². The summed E-state index contributed by atoms with van der Waals surface area (Å²) in [5.74, 6) is -0.420. The summed E-state index contributed by atoms with van der Waals surface area (Å²) in [7, 11) is -1.24. The zero-order valence-electron chi connectivity index (χ0n) is 7.24. The Bertz CT molecular complexity index is 269. The summed E-state index contributed by atoms with van der Waals surface area (Å²) in [6, 6.07) is 5.51. The van der Waals surface area contributed by atoms with E-state index in [1.807, 2.05) is 0 Å². The summed E-state index contributed by atoms with van der Waals surface area (Å²) in [5, 5.41) is 9.26. The minimum atomic E-state index is -1.24. The summed E-state index contributed by atoms with van der Waals surface area (Å²) in [4.78, 5) is 9.04. The third kappa shape index (κ3) is 3.14. The second kappa shape index (κ2) is 4.96. The Kier molecular flexibility index (Phi) is 3.88. The normalized spacial score (nSPS) is 10.1. The standard InChI is InChI=1S/C8H10BFO3/c1-2-12-13-9(11)7-4-3-5-8(10)6-7/h3-6,11H,2H2,1H3. The Morgan fingerprint density at radius 1 is 1.54 bits per heavy atom. The van der Waals surface area contributed by atoms with Crippen LogP contribution in [-0.2, 0) is 9.69 Å². The first-order chi connectivity index (χ1) is 6.24. The number of halogens is 1. The average Bonchev–Trinajstić information content (AvgIpc) is 2.14. The monoisotopic (exact) mass is 184 g/mol. The van der Waals surface area contributed by atoms with Crippen molar-refractivity contribution < 1.29 is 19.1 Å². The van der Waals surface area contributed by atoms with Crippen LogP contribution in [0.2, 0.25) is 0 Å². The molecule has 0 amide bonds. The molecule has 0 spiro atoms. The van der Waals surface area contributed by atoms with E-state index in [2.05, 4.69) is 9.69 Å². The molecule has 0 aliphatic rings. The van der Waals surface area contributed by atoms with Crippen molar-refractivity contribution in [3.63, 3.8) is 0 Å². The molecular formula is C8H10BFO3. The minimum Gasteiger partial charge on any atom is -0.422 e. The molecule has 0 saturated heterocycles. The molecule has 1 rings (SSSR count). The number of benzene rings is 1. The van der Waals surface area contributed by atoms with Crippen molar-refractivity contribution in [1.29, 1.82) is 0 Å². The van der Waals surface area contributed by atoms with Gasteiger partial charge in [-0.15, -0.1) is 0 Å². The van der Waals surface area contributed by atoms with Crippen molar-refractivity contribution in [2.45, 2.75) is 6.92 Å². The van der Waals surface area contributed by atoms with Gasteiger partial charge >= 0.3 is 7.12 Å². The van der Waals surface area contributed by atoms with E-state index < -0.39 is 12.9 Å². The van der Waals surface area contributed by atoms with Gasteiger partial charge in [-0.2, -0.15) is 0 Å². The highest BCUT2D eigenvalue weighted by Gasteiger charge is 2.17. The van der Waals surface area contributed by atoms with Gasteiger partial charge in [-0.05, 0) is 24.5 Å². The quantitative estimate of drug-likeness (QED) is 0.420. The third-order valence-electron chi connectivity index (χ3n) is 1.41. The lowest BCUT2D eigenvalue weighted by atomic mass is 9.80. The van der Waals surface area contributed by atoms with Crippen LogP contribution in [0.5, 0.6) is 0 Å². The van der Waals surface area contributed by atoms with Gasteiger partial charge in [0.25, 0.3) is 0 Å². The molecule has 0 bridgehead atoms. The molecule has 0 aliphatic carbocycles. The van der Waals surface area contributed by atoms with Gasteiger partial charge in [0.05, 0.1) is 6.61 Å². The van der Waals surface area contributed by atoms with Gasteiger partial charge in [0.2, 0.25) is 0 Å². The van der Waals surface area contributed by atoms with E-state index in [9.17, 15) is 9.41 Å². The molecule has 0 fully saturated rings. The molecule has 0 aromatic heterocycles. The van der Waals surface area contributed by atoms with E-state index in [1.54, 1.807) is 13.0 Å². The fourth-order valence-electron chi connectivity index (χ4n) is 0.848. The van der Waals surface area contributed by atoms with Crippen LogP contribution in [0.4, 0.5) is 4.39 Å². The molecule has 0 unspecified atom stereocenters. The van der Waals surface area contributed by atoms with Crippen molar-refractivity contribution in [2.24, 2.45) is 0 Å². The maximum Gasteiger partial charge on any atom is 0.523 e. The molecule has 1 aromatic carbocycles. The van der Waals surface area contributed by atoms with Gasteiger partial charge in [0, 0.05) is 0 Å². The molecule has 13 heavy (non-hydrogen) atoms. The first-order valence-corrected chi connectivity index (χ1v) is 3.96. The van der Waals surface area contributed by atoms with Crippen molar-refractivity contribution in [3.05, 3.63) is 30.1 Å². The topological polar surface area (TPSA) is 38.7 Å². The van der Waals surface area contributed by atoms with E-state index in [0.29, 0.717) is 12.1 Å². The highest BCUT2D eigenvalue weighted by atomic mass is 19.1. The Balaban J connectivity index is 2.60. The van der Waals surface area contributed by atoms with E-state index >= 15 is 0 Å². The summed E-state index contributed by atoms with van der Waals surface area (Å²) in [6.45, 7) is 2.05. The lowest BCUT2D eigenvalue weighted by Crippen LogP contribution is -2.33. The molecule has 0 aliphatic heterocycles. The van der Waals surface area contributed by atoms with Gasteiger partial charge < -0.3 is 5.02 Å². The van der Waals surface area contributed by atoms with Crippen LogP contribution < -0.4 is 5.46 Å². The predicted octanol–water partition coefficient (Wildman–Crippen LogP) is 0.481. The van der Waals surface area contributed by atoms with Gasteiger partial charge in [-0.1, -0.05) is 12.1 Å².